The summed E-state index contributed by atoms with van der Waals surface area (Å²) in [6, 6.07) is 11.1. The highest BCUT2D eigenvalue weighted by molar-refractivity contribution is 9.10. The highest BCUT2D eigenvalue weighted by atomic mass is 79.9. The quantitative estimate of drug-likeness (QED) is 0.639. The lowest BCUT2D eigenvalue weighted by molar-refractivity contribution is 0.0526. The Morgan fingerprint density at radius 2 is 2.05 bits per heavy atom. The van der Waals surface area contributed by atoms with Gasteiger partial charge in [0.25, 0.3) is 0 Å². The standard InChI is InChI=1S/C16H17BrN2O2/c1-3-21-16(20)11-4-5-15(14(18)8-11)19-13-7-10(2)6-12(17)9-13/h4-9,19H,3,18H2,1-2H3. The summed E-state index contributed by atoms with van der Waals surface area (Å²) in [5.41, 5.74) is 9.76. The Balaban J connectivity index is 2.23. The Hall–Kier alpha value is -2.01. The average molecular weight is 349 g/mol. The van der Waals surface area contributed by atoms with Crippen LogP contribution in [-0.4, -0.2) is 12.6 Å². The van der Waals surface area contributed by atoms with Gasteiger partial charge in [-0.25, -0.2) is 4.79 Å². The van der Waals surface area contributed by atoms with Crippen molar-refractivity contribution in [3.63, 3.8) is 0 Å². The number of nitrogens with two attached hydrogens (primary N) is 1. The molecule has 0 aromatic heterocycles. The van der Waals surface area contributed by atoms with E-state index in [4.69, 9.17) is 10.5 Å². The van der Waals surface area contributed by atoms with Crippen LogP contribution >= 0.6 is 15.9 Å². The minimum atomic E-state index is -0.367. The summed E-state index contributed by atoms with van der Waals surface area (Å²) in [5, 5.41) is 3.24. The normalized spacial score (nSPS) is 10.2. The SMILES string of the molecule is CCOC(=O)c1ccc(Nc2cc(C)cc(Br)c2)c(N)c1. The molecule has 0 saturated carbocycles. The fraction of sp³-hybridized carbons (Fsp3) is 0.188. The lowest BCUT2D eigenvalue weighted by Gasteiger charge is -2.12. The summed E-state index contributed by atoms with van der Waals surface area (Å²) in [6.45, 7) is 4.13. The molecule has 0 aliphatic heterocycles. The first-order valence-corrected chi connectivity index (χ1v) is 7.39. The van der Waals surface area contributed by atoms with E-state index in [0.29, 0.717) is 17.9 Å². The summed E-state index contributed by atoms with van der Waals surface area (Å²) in [4.78, 5) is 11.7. The zero-order valence-corrected chi connectivity index (χ0v) is 13.5. The van der Waals surface area contributed by atoms with Crippen molar-refractivity contribution in [2.75, 3.05) is 17.7 Å². The summed E-state index contributed by atoms with van der Waals surface area (Å²) < 4.78 is 5.94. The Morgan fingerprint density at radius 3 is 2.67 bits per heavy atom. The third kappa shape index (κ3) is 3.98. The van der Waals surface area contributed by atoms with E-state index in [1.54, 1.807) is 25.1 Å². The van der Waals surface area contributed by atoms with E-state index in [-0.39, 0.29) is 5.97 Å². The van der Waals surface area contributed by atoms with E-state index in [9.17, 15) is 4.79 Å². The third-order valence-corrected chi connectivity index (χ3v) is 3.34. The van der Waals surface area contributed by atoms with Crippen LogP contribution in [0.1, 0.15) is 22.8 Å². The zero-order valence-electron chi connectivity index (χ0n) is 11.9. The molecule has 21 heavy (non-hydrogen) atoms. The van der Waals surface area contributed by atoms with E-state index in [1.807, 2.05) is 25.1 Å². The van der Waals surface area contributed by atoms with Crippen molar-refractivity contribution in [3.8, 4) is 0 Å². The first-order valence-electron chi connectivity index (χ1n) is 6.60. The van der Waals surface area contributed by atoms with Crippen molar-refractivity contribution < 1.29 is 9.53 Å². The Bertz CT molecular complexity index is 651. The number of hydrogen-bond acceptors (Lipinski definition) is 4. The molecule has 2 aromatic carbocycles. The van der Waals surface area contributed by atoms with Gasteiger partial charge < -0.3 is 15.8 Å². The van der Waals surface area contributed by atoms with Gasteiger partial charge in [-0.15, -0.1) is 0 Å². The molecule has 0 spiro atoms. The van der Waals surface area contributed by atoms with Crippen molar-refractivity contribution >= 4 is 39.0 Å². The molecule has 0 radical (unpaired) electrons. The molecule has 0 aliphatic rings. The maximum absolute atomic E-state index is 11.7. The van der Waals surface area contributed by atoms with Gasteiger partial charge in [-0.05, 0) is 55.8 Å². The molecule has 5 heteroatoms. The number of aryl methyl sites for hydroxylation is 1. The maximum atomic E-state index is 11.7. The highest BCUT2D eigenvalue weighted by Crippen LogP contribution is 2.27. The number of carbonyl (C=O) groups excluding carboxylic acids is 1. The molecule has 0 fully saturated rings. The summed E-state index contributed by atoms with van der Waals surface area (Å²) in [7, 11) is 0. The van der Waals surface area contributed by atoms with Gasteiger partial charge >= 0.3 is 5.97 Å². The van der Waals surface area contributed by atoms with Crippen molar-refractivity contribution in [3.05, 3.63) is 52.0 Å². The van der Waals surface area contributed by atoms with Gasteiger partial charge in [0.05, 0.1) is 23.5 Å². The molecule has 0 bridgehead atoms. The maximum Gasteiger partial charge on any atom is 0.338 e. The van der Waals surface area contributed by atoms with E-state index in [1.165, 1.54) is 0 Å². The highest BCUT2D eigenvalue weighted by Gasteiger charge is 2.09. The van der Waals surface area contributed by atoms with Crippen LogP contribution in [0.5, 0.6) is 0 Å². The Morgan fingerprint density at radius 1 is 1.29 bits per heavy atom. The third-order valence-electron chi connectivity index (χ3n) is 2.88. The van der Waals surface area contributed by atoms with Gasteiger partial charge in [0.15, 0.2) is 0 Å². The lowest BCUT2D eigenvalue weighted by Crippen LogP contribution is -2.06. The number of rotatable bonds is 4. The van der Waals surface area contributed by atoms with E-state index in [0.717, 1.165) is 21.4 Å². The summed E-state index contributed by atoms with van der Waals surface area (Å²) in [6.07, 6.45) is 0. The molecule has 0 aliphatic carbocycles. The van der Waals surface area contributed by atoms with Crippen LogP contribution < -0.4 is 11.1 Å². The molecule has 0 atom stereocenters. The number of hydrogen-bond donors (Lipinski definition) is 2. The number of nitrogens with one attached hydrogen (secondary N) is 1. The van der Waals surface area contributed by atoms with Gasteiger partial charge in [-0.1, -0.05) is 15.9 Å². The average Bonchev–Trinajstić information content (AvgIpc) is 2.40. The summed E-state index contributed by atoms with van der Waals surface area (Å²) >= 11 is 3.46. The second kappa shape index (κ2) is 6.63. The number of nitrogen functional groups attached to an aromatic ring is 1. The van der Waals surface area contributed by atoms with Gasteiger partial charge in [0.1, 0.15) is 0 Å². The number of benzene rings is 2. The van der Waals surface area contributed by atoms with Crippen LogP contribution in [0.2, 0.25) is 0 Å². The minimum Gasteiger partial charge on any atom is -0.462 e. The number of ether oxygens (including phenoxy) is 1. The fourth-order valence-corrected chi connectivity index (χ4v) is 2.59. The van der Waals surface area contributed by atoms with Crippen molar-refractivity contribution in [2.45, 2.75) is 13.8 Å². The topological polar surface area (TPSA) is 64.3 Å². The molecule has 0 saturated heterocycles. The number of carbonyl (C=O) groups is 1. The van der Waals surface area contributed by atoms with Crippen LogP contribution in [0, 0.1) is 6.92 Å². The van der Waals surface area contributed by atoms with Crippen LogP contribution in [0.25, 0.3) is 0 Å². The van der Waals surface area contributed by atoms with E-state index in [2.05, 4.69) is 21.2 Å². The number of halogens is 1. The Labute approximate surface area is 132 Å². The van der Waals surface area contributed by atoms with Crippen molar-refractivity contribution in [1.29, 1.82) is 0 Å². The van der Waals surface area contributed by atoms with Gasteiger partial charge in [-0.3, -0.25) is 0 Å². The Kier molecular flexibility index (Phi) is 4.85. The first-order chi connectivity index (χ1) is 9.99. The van der Waals surface area contributed by atoms with Gasteiger partial charge in [-0.2, -0.15) is 0 Å². The molecule has 0 amide bonds. The molecule has 4 nitrogen and oxygen atoms in total. The van der Waals surface area contributed by atoms with Crippen LogP contribution in [0.15, 0.2) is 40.9 Å². The van der Waals surface area contributed by atoms with Crippen molar-refractivity contribution in [2.24, 2.45) is 0 Å². The van der Waals surface area contributed by atoms with Gasteiger partial charge in [0.2, 0.25) is 0 Å². The largest absolute Gasteiger partial charge is 0.462 e. The second-order valence-corrected chi connectivity index (χ2v) is 5.58. The van der Waals surface area contributed by atoms with Crippen LogP contribution in [0.4, 0.5) is 17.1 Å². The van der Waals surface area contributed by atoms with E-state index < -0.39 is 0 Å². The smallest absolute Gasteiger partial charge is 0.338 e. The molecule has 3 N–H and O–H groups in total. The van der Waals surface area contributed by atoms with E-state index >= 15 is 0 Å². The molecule has 0 unspecified atom stereocenters. The summed E-state index contributed by atoms with van der Waals surface area (Å²) in [5.74, 6) is -0.367. The van der Waals surface area contributed by atoms with Crippen molar-refractivity contribution in [1.82, 2.24) is 0 Å². The minimum absolute atomic E-state index is 0.343. The fourth-order valence-electron chi connectivity index (χ4n) is 1.98. The molecule has 110 valence electrons. The molecule has 0 heterocycles. The molecule has 2 aromatic rings. The second-order valence-electron chi connectivity index (χ2n) is 4.66. The number of anilines is 3. The number of esters is 1. The monoisotopic (exact) mass is 348 g/mol. The molecular weight excluding hydrogens is 332 g/mol. The predicted molar refractivity (Wildman–Crippen MR) is 89.0 cm³/mol. The predicted octanol–water partition coefficient (Wildman–Crippen LogP) is 4.26. The molecular formula is C16H17BrN2O2. The van der Waals surface area contributed by atoms with Gasteiger partial charge in [0, 0.05) is 10.2 Å². The van der Waals surface area contributed by atoms with Crippen LogP contribution in [0.3, 0.4) is 0 Å². The van der Waals surface area contributed by atoms with Crippen LogP contribution in [-0.2, 0) is 4.74 Å². The first kappa shape index (κ1) is 15.4. The molecule has 2 rings (SSSR count). The lowest BCUT2D eigenvalue weighted by atomic mass is 10.1. The zero-order chi connectivity index (χ0) is 15.4.